The number of nitrogens with zero attached hydrogens (tertiary/aromatic N) is 4. The first-order chi connectivity index (χ1) is 12.0. The van der Waals surface area contributed by atoms with E-state index in [9.17, 15) is 4.79 Å². The number of hydrogen-bond donors (Lipinski definition) is 1. The first-order valence-electron chi connectivity index (χ1n) is 8.26. The van der Waals surface area contributed by atoms with Crippen molar-refractivity contribution in [1.82, 2.24) is 25.3 Å². The van der Waals surface area contributed by atoms with Crippen LogP contribution in [0.2, 0.25) is 0 Å². The Morgan fingerprint density at radius 2 is 2.20 bits per heavy atom. The van der Waals surface area contributed by atoms with Gasteiger partial charge in [0.25, 0.3) is 5.91 Å². The van der Waals surface area contributed by atoms with E-state index in [1.807, 2.05) is 19.0 Å². The molecule has 0 unspecified atom stereocenters. The minimum Gasteiger partial charge on any atom is -0.378 e. The SMILES string of the molecule is COCc1ncsc1C(=O)NC1(c2noc(CN(C)C)n2)CCCC1. The number of methoxy groups -OCH3 is 1. The minimum absolute atomic E-state index is 0.157. The van der Waals surface area contributed by atoms with E-state index in [4.69, 9.17) is 9.26 Å². The van der Waals surface area contributed by atoms with E-state index < -0.39 is 5.54 Å². The normalized spacial score (nSPS) is 16.5. The summed E-state index contributed by atoms with van der Waals surface area (Å²) in [5.41, 5.74) is 1.74. The number of carbonyl (C=O) groups is 1. The molecule has 1 N–H and O–H groups in total. The monoisotopic (exact) mass is 365 g/mol. The van der Waals surface area contributed by atoms with Gasteiger partial charge >= 0.3 is 0 Å². The molecule has 0 spiro atoms. The molecule has 0 saturated heterocycles. The zero-order valence-electron chi connectivity index (χ0n) is 14.7. The van der Waals surface area contributed by atoms with Gasteiger partial charge in [0.05, 0.1) is 24.4 Å². The average molecular weight is 365 g/mol. The molecule has 0 aromatic carbocycles. The second-order valence-electron chi connectivity index (χ2n) is 6.55. The first kappa shape index (κ1) is 18.0. The molecule has 1 saturated carbocycles. The number of aromatic nitrogens is 3. The van der Waals surface area contributed by atoms with E-state index in [2.05, 4.69) is 20.4 Å². The van der Waals surface area contributed by atoms with Crippen LogP contribution in [0.5, 0.6) is 0 Å². The molecule has 1 fully saturated rings. The lowest BCUT2D eigenvalue weighted by Gasteiger charge is -2.26. The van der Waals surface area contributed by atoms with Crippen LogP contribution < -0.4 is 5.32 Å². The molecule has 2 heterocycles. The second kappa shape index (κ2) is 7.59. The van der Waals surface area contributed by atoms with E-state index in [1.54, 1.807) is 12.6 Å². The Morgan fingerprint density at radius 1 is 1.44 bits per heavy atom. The van der Waals surface area contributed by atoms with Gasteiger partial charge in [-0.2, -0.15) is 4.98 Å². The van der Waals surface area contributed by atoms with Crippen molar-refractivity contribution in [3.05, 3.63) is 27.8 Å². The third-order valence-corrected chi connectivity index (χ3v) is 5.15. The predicted molar refractivity (Wildman–Crippen MR) is 92.1 cm³/mol. The maximum atomic E-state index is 12.8. The van der Waals surface area contributed by atoms with Gasteiger partial charge in [0.1, 0.15) is 10.4 Å². The van der Waals surface area contributed by atoms with Crippen molar-refractivity contribution < 1.29 is 14.1 Å². The Balaban J connectivity index is 1.82. The van der Waals surface area contributed by atoms with Crippen molar-refractivity contribution in [2.75, 3.05) is 21.2 Å². The fourth-order valence-electron chi connectivity index (χ4n) is 3.13. The minimum atomic E-state index is -0.570. The van der Waals surface area contributed by atoms with Gasteiger partial charge in [-0.25, -0.2) is 4.98 Å². The van der Waals surface area contributed by atoms with E-state index in [-0.39, 0.29) is 5.91 Å². The molecule has 0 bridgehead atoms. The molecule has 1 aliphatic rings. The summed E-state index contributed by atoms with van der Waals surface area (Å²) in [5.74, 6) is 0.960. The molecule has 1 amide bonds. The fraction of sp³-hybridized carbons (Fsp3) is 0.625. The molecule has 3 rings (SSSR count). The highest BCUT2D eigenvalue weighted by Gasteiger charge is 2.42. The van der Waals surface area contributed by atoms with Crippen LogP contribution in [-0.4, -0.2) is 47.1 Å². The van der Waals surface area contributed by atoms with Crippen LogP contribution >= 0.6 is 11.3 Å². The maximum Gasteiger partial charge on any atom is 0.264 e. The number of carbonyl (C=O) groups excluding carboxylic acids is 1. The predicted octanol–water partition coefficient (Wildman–Crippen LogP) is 1.93. The van der Waals surface area contributed by atoms with Crippen molar-refractivity contribution >= 4 is 17.2 Å². The Kier molecular flexibility index (Phi) is 5.45. The molecule has 8 nitrogen and oxygen atoms in total. The molecule has 0 atom stereocenters. The molecule has 9 heteroatoms. The van der Waals surface area contributed by atoms with Crippen molar-refractivity contribution in [2.24, 2.45) is 0 Å². The zero-order valence-corrected chi connectivity index (χ0v) is 15.6. The summed E-state index contributed by atoms with van der Waals surface area (Å²) in [7, 11) is 5.47. The Hall–Kier alpha value is -1.84. The first-order valence-corrected chi connectivity index (χ1v) is 9.13. The summed E-state index contributed by atoms with van der Waals surface area (Å²) < 4.78 is 10.5. The lowest BCUT2D eigenvalue weighted by atomic mass is 9.96. The largest absolute Gasteiger partial charge is 0.378 e. The van der Waals surface area contributed by atoms with Gasteiger partial charge in [-0.15, -0.1) is 11.3 Å². The van der Waals surface area contributed by atoms with Crippen LogP contribution in [0.3, 0.4) is 0 Å². The smallest absolute Gasteiger partial charge is 0.264 e. The highest BCUT2D eigenvalue weighted by molar-refractivity contribution is 7.11. The molecule has 0 radical (unpaired) electrons. The van der Waals surface area contributed by atoms with Crippen LogP contribution in [0, 0.1) is 0 Å². The molecular formula is C16H23N5O3S. The van der Waals surface area contributed by atoms with Gasteiger partial charge in [0.2, 0.25) is 5.89 Å². The number of hydrogen-bond acceptors (Lipinski definition) is 8. The summed E-state index contributed by atoms with van der Waals surface area (Å²) >= 11 is 1.31. The Labute approximate surface area is 150 Å². The number of rotatable bonds is 7. The third kappa shape index (κ3) is 3.88. The number of thiazole rings is 1. The number of nitrogens with one attached hydrogen (secondary N) is 1. The molecule has 1 aliphatic carbocycles. The Bertz CT molecular complexity index is 721. The summed E-state index contributed by atoms with van der Waals surface area (Å²) in [5, 5.41) is 7.31. The van der Waals surface area contributed by atoms with Crippen LogP contribution in [0.4, 0.5) is 0 Å². The highest BCUT2D eigenvalue weighted by atomic mass is 32.1. The third-order valence-electron chi connectivity index (χ3n) is 4.29. The van der Waals surface area contributed by atoms with Gasteiger partial charge in [-0.05, 0) is 26.9 Å². The van der Waals surface area contributed by atoms with E-state index in [0.717, 1.165) is 25.7 Å². The van der Waals surface area contributed by atoms with Crippen LogP contribution in [-0.2, 0) is 23.4 Å². The lowest BCUT2D eigenvalue weighted by Crippen LogP contribution is -2.44. The average Bonchev–Trinajstić information content (AvgIpc) is 3.27. The topological polar surface area (TPSA) is 93.4 Å². The van der Waals surface area contributed by atoms with Crippen molar-refractivity contribution in [1.29, 1.82) is 0 Å². The van der Waals surface area contributed by atoms with Gasteiger partial charge in [0, 0.05) is 7.11 Å². The molecular weight excluding hydrogens is 342 g/mol. The quantitative estimate of drug-likeness (QED) is 0.801. The standard InChI is InChI=1S/C16H23N5O3S/c1-21(2)8-12-18-15(20-24-12)16(6-4-5-7-16)19-14(22)13-11(9-23-3)17-10-25-13/h10H,4-9H2,1-3H3,(H,19,22). The van der Waals surface area contributed by atoms with E-state index in [0.29, 0.717) is 35.4 Å². The van der Waals surface area contributed by atoms with Crippen LogP contribution in [0.15, 0.2) is 10.0 Å². The summed E-state index contributed by atoms with van der Waals surface area (Å²) in [4.78, 5) is 24.1. The van der Waals surface area contributed by atoms with Gasteiger partial charge in [-0.1, -0.05) is 18.0 Å². The van der Waals surface area contributed by atoms with Gasteiger partial charge < -0.3 is 19.5 Å². The molecule has 25 heavy (non-hydrogen) atoms. The second-order valence-corrected chi connectivity index (χ2v) is 7.41. The summed E-state index contributed by atoms with van der Waals surface area (Å²) in [6.07, 6.45) is 3.65. The zero-order chi connectivity index (χ0) is 17.9. The van der Waals surface area contributed by atoms with Gasteiger partial charge in [-0.3, -0.25) is 4.79 Å². The number of amides is 1. The summed E-state index contributed by atoms with van der Waals surface area (Å²) in [6, 6.07) is 0. The van der Waals surface area contributed by atoms with Crippen molar-refractivity contribution in [2.45, 2.75) is 44.4 Å². The lowest BCUT2D eigenvalue weighted by molar-refractivity contribution is 0.0891. The van der Waals surface area contributed by atoms with Crippen molar-refractivity contribution in [3.63, 3.8) is 0 Å². The molecule has 2 aromatic heterocycles. The number of ether oxygens (including phenoxy) is 1. The Morgan fingerprint density at radius 3 is 2.88 bits per heavy atom. The molecule has 136 valence electrons. The highest BCUT2D eigenvalue weighted by Crippen LogP contribution is 2.38. The van der Waals surface area contributed by atoms with Gasteiger partial charge in [0.15, 0.2) is 5.82 Å². The van der Waals surface area contributed by atoms with E-state index in [1.165, 1.54) is 11.3 Å². The fourth-order valence-corrected chi connectivity index (χ4v) is 3.83. The van der Waals surface area contributed by atoms with E-state index >= 15 is 0 Å². The van der Waals surface area contributed by atoms with Crippen molar-refractivity contribution in [3.8, 4) is 0 Å². The molecule has 0 aliphatic heterocycles. The molecule has 2 aromatic rings. The maximum absolute atomic E-state index is 12.8. The van der Waals surface area contributed by atoms with Crippen LogP contribution in [0.25, 0.3) is 0 Å². The van der Waals surface area contributed by atoms with Crippen LogP contribution in [0.1, 0.15) is 52.8 Å². The summed E-state index contributed by atoms with van der Waals surface area (Å²) in [6.45, 7) is 0.887.